The van der Waals surface area contributed by atoms with E-state index in [1.807, 2.05) is 6.92 Å². The van der Waals surface area contributed by atoms with Gasteiger partial charge < -0.3 is 33.9 Å². The Morgan fingerprint density at radius 1 is 0.900 bits per heavy atom. The van der Waals surface area contributed by atoms with E-state index in [-0.39, 0.29) is 47.6 Å². The van der Waals surface area contributed by atoms with Crippen molar-refractivity contribution in [2.24, 2.45) is 11.8 Å². The monoisotopic (exact) mass is 418 g/mol. The molecule has 8 nitrogen and oxygen atoms in total. The molecule has 0 aliphatic carbocycles. The lowest BCUT2D eigenvalue weighted by atomic mass is 9.76. The molecule has 0 saturated carbocycles. The molecule has 0 bridgehead atoms. The summed E-state index contributed by atoms with van der Waals surface area (Å²) in [6.45, 7) is 2.02. The van der Waals surface area contributed by atoms with Crippen LogP contribution in [-0.2, 0) is 9.53 Å². The molecular formula is C22H26O8. The molecule has 30 heavy (non-hydrogen) atoms. The van der Waals surface area contributed by atoms with Crippen molar-refractivity contribution in [2.45, 2.75) is 12.8 Å². The first-order valence-corrected chi connectivity index (χ1v) is 9.42. The van der Waals surface area contributed by atoms with Gasteiger partial charge in [0, 0.05) is 11.8 Å². The topological polar surface area (TPSA) is 104 Å². The molecular weight excluding hydrogens is 392 g/mol. The first-order valence-electron chi connectivity index (χ1n) is 9.42. The number of ether oxygens (including phenoxy) is 5. The van der Waals surface area contributed by atoms with E-state index in [0.717, 1.165) is 5.56 Å². The SMILES string of the molecule is COc1cc(C(c2cc(OC)c(OC)c(OC)c2)C2COC(=O)C2C)cc(O)c1O. The minimum atomic E-state index is -0.388. The Hall–Kier alpha value is -3.29. The second-order valence-corrected chi connectivity index (χ2v) is 7.11. The number of carbonyl (C=O) groups excluding carboxylic acids is 1. The van der Waals surface area contributed by atoms with E-state index in [9.17, 15) is 15.0 Å². The summed E-state index contributed by atoms with van der Waals surface area (Å²) in [6, 6.07) is 6.70. The lowest BCUT2D eigenvalue weighted by Gasteiger charge is -2.27. The van der Waals surface area contributed by atoms with E-state index in [4.69, 9.17) is 23.7 Å². The quantitative estimate of drug-likeness (QED) is 0.522. The van der Waals surface area contributed by atoms with E-state index in [1.165, 1.54) is 34.5 Å². The third-order valence-corrected chi connectivity index (χ3v) is 5.56. The number of methoxy groups -OCH3 is 4. The molecule has 162 valence electrons. The van der Waals surface area contributed by atoms with Crippen LogP contribution in [-0.4, -0.2) is 51.2 Å². The standard InChI is InChI=1S/C22H26O8/c1-11-14(10-30-22(11)25)19(12-6-15(23)20(24)16(7-12)26-2)13-8-17(27-3)21(29-5)18(9-13)28-4/h6-9,11,14,19,23-24H,10H2,1-5H3. The van der Waals surface area contributed by atoms with E-state index in [2.05, 4.69) is 0 Å². The Morgan fingerprint density at radius 2 is 1.43 bits per heavy atom. The van der Waals surface area contributed by atoms with Crippen LogP contribution in [0.3, 0.4) is 0 Å². The zero-order valence-electron chi connectivity index (χ0n) is 17.6. The predicted octanol–water partition coefficient (Wildman–Crippen LogP) is 3.07. The summed E-state index contributed by atoms with van der Waals surface area (Å²) >= 11 is 0. The van der Waals surface area contributed by atoms with Crippen molar-refractivity contribution < 1.29 is 38.7 Å². The van der Waals surface area contributed by atoms with Crippen molar-refractivity contribution in [3.63, 3.8) is 0 Å². The molecule has 3 atom stereocenters. The Bertz CT molecular complexity index is 914. The van der Waals surface area contributed by atoms with Crippen LogP contribution in [0.1, 0.15) is 24.0 Å². The second kappa shape index (κ2) is 8.61. The number of benzene rings is 2. The average Bonchev–Trinajstić information content (AvgIpc) is 3.08. The van der Waals surface area contributed by atoms with Gasteiger partial charge in [-0.05, 0) is 35.4 Å². The van der Waals surface area contributed by atoms with Gasteiger partial charge in [0.25, 0.3) is 0 Å². The van der Waals surface area contributed by atoms with Crippen LogP contribution in [0, 0.1) is 11.8 Å². The van der Waals surface area contributed by atoms with Crippen LogP contribution < -0.4 is 18.9 Å². The molecule has 2 aromatic carbocycles. The Balaban J connectivity index is 2.24. The van der Waals surface area contributed by atoms with Crippen molar-refractivity contribution in [1.82, 2.24) is 0 Å². The number of rotatable bonds is 7. The lowest BCUT2D eigenvalue weighted by Crippen LogP contribution is -2.22. The van der Waals surface area contributed by atoms with Gasteiger partial charge in [-0.3, -0.25) is 4.79 Å². The summed E-state index contributed by atoms with van der Waals surface area (Å²) < 4.78 is 26.9. The number of cyclic esters (lactones) is 1. The van der Waals surface area contributed by atoms with Crippen LogP contribution in [0.25, 0.3) is 0 Å². The maximum atomic E-state index is 12.1. The van der Waals surface area contributed by atoms with Gasteiger partial charge in [0.2, 0.25) is 11.5 Å². The molecule has 3 unspecified atom stereocenters. The molecule has 2 aromatic rings. The van der Waals surface area contributed by atoms with Gasteiger partial charge in [-0.2, -0.15) is 0 Å². The highest BCUT2D eigenvalue weighted by Gasteiger charge is 2.41. The number of aromatic hydroxyl groups is 2. The number of hydrogen-bond acceptors (Lipinski definition) is 8. The molecule has 0 aromatic heterocycles. The minimum absolute atomic E-state index is 0.125. The van der Waals surface area contributed by atoms with Crippen molar-refractivity contribution in [3.05, 3.63) is 35.4 Å². The third kappa shape index (κ3) is 3.65. The van der Waals surface area contributed by atoms with Gasteiger partial charge in [-0.25, -0.2) is 0 Å². The van der Waals surface area contributed by atoms with Gasteiger partial charge in [-0.1, -0.05) is 6.92 Å². The van der Waals surface area contributed by atoms with Crippen molar-refractivity contribution in [3.8, 4) is 34.5 Å². The van der Waals surface area contributed by atoms with Gasteiger partial charge in [-0.15, -0.1) is 0 Å². The van der Waals surface area contributed by atoms with Crippen LogP contribution >= 0.6 is 0 Å². The van der Waals surface area contributed by atoms with Gasteiger partial charge >= 0.3 is 5.97 Å². The summed E-state index contributed by atoms with van der Waals surface area (Å²) in [4.78, 5) is 12.1. The summed E-state index contributed by atoms with van der Waals surface area (Å²) in [7, 11) is 5.97. The Labute approximate surface area is 174 Å². The molecule has 3 rings (SSSR count). The zero-order chi connectivity index (χ0) is 22.0. The fourth-order valence-corrected chi connectivity index (χ4v) is 3.93. The number of phenols is 2. The van der Waals surface area contributed by atoms with E-state index in [1.54, 1.807) is 18.2 Å². The Kier molecular flexibility index (Phi) is 6.14. The third-order valence-electron chi connectivity index (χ3n) is 5.56. The predicted molar refractivity (Wildman–Crippen MR) is 108 cm³/mol. The number of hydrogen-bond donors (Lipinski definition) is 2. The zero-order valence-corrected chi connectivity index (χ0v) is 17.6. The number of carbonyl (C=O) groups is 1. The fraction of sp³-hybridized carbons (Fsp3) is 0.409. The van der Waals surface area contributed by atoms with Gasteiger partial charge in [0.15, 0.2) is 23.0 Å². The highest BCUT2D eigenvalue weighted by Crippen LogP contribution is 2.48. The number of esters is 1. The summed E-state index contributed by atoms with van der Waals surface area (Å²) in [6.07, 6.45) is 0. The molecule has 0 spiro atoms. The second-order valence-electron chi connectivity index (χ2n) is 7.11. The first kappa shape index (κ1) is 21.4. The normalized spacial score (nSPS) is 19.2. The van der Waals surface area contributed by atoms with Crippen molar-refractivity contribution in [2.75, 3.05) is 35.0 Å². The molecule has 1 heterocycles. The van der Waals surface area contributed by atoms with Gasteiger partial charge in [0.05, 0.1) is 41.0 Å². The van der Waals surface area contributed by atoms with Gasteiger partial charge in [0.1, 0.15) is 0 Å². The summed E-state index contributed by atoms with van der Waals surface area (Å²) in [5.41, 5.74) is 1.42. The molecule has 8 heteroatoms. The highest BCUT2D eigenvalue weighted by molar-refractivity contribution is 5.75. The Morgan fingerprint density at radius 3 is 1.90 bits per heavy atom. The molecule has 2 N–H and O–H groups in total. The molecule has 0 radical (unpaired) electrons. The molecule has 0 amide bonds. The van der Waals surface area contributed by atoms with E-state index < -0.39 is 0 Å². The van der Waals surface area contributed by atoms with Crippen molar-refractivity contribution >= 4 is 5.97 Å². The van der Waals surface area contributed by atoms with E-state index >= 15 is 0 Å². The molecule has 1 fully saturated rings. The molecule has 1 aliphatic rings. The maximum Gasteiger partial charge on any atom is 0.309 e. The van der Waals surface area contributed by atoms with Crippen LogP contribution in [0.15, 0.2) is 24.3 Å². The number of phenolic OH excluding ortho intramolecular Hbond substituents is 2. The first-order chi connectivity index (χ1) is 14.4. The van der Waals surface area contributed by atoms with Crippen LogP contribution in [0.4, 0.5) is 0 Å². The highest BCUT2D eigenvalue weighted by atomic mass is 16.5. The molecule has 1 aliphatic heterocycles. The van der Waals surface area contributed by atoms with Crippen LogP contribution in [0.2, 0.25) is 0 Å². The summed E-state index contributed by atoms with van der Waals surface area (Å²) in [5, 5.41) is 20.3. The van der Waals surface area contributed by atoms with E-state index in [0.29, 0.717) is 22.8 Å². The smallest absolute Gasteiger partial charge is 0.309 e. The van der Waals surface area contributed by atoms with Crippen molar-refractivity contribution in [1.29, 1.82) is 0 Å². The largest absolute Gasteiger partial charge is 0.504 e. The lowest BCUT2D eigenvalue weighted by molar-refractivity contribution is -0.140. The minimum Gasteiger partial charge on any atom is -0.504 e. The maximum absolute atomic E-state index is 12.1. The average molecular weight is 418 g/mol. The summed E-state index contributed by atoms with van der Waals surface area (Å²) in [5.74, 6) is -0.454. The molecule has 1 saturated heterocycles. The van der Waals surface area contributed by atoms with Crippen LogP contribution in [0.5, 0.6) is 34.5 Å². The fourth-order valence-electron chi connectivity index (χ4n) is 3.93.